The first-order valence-corrected chi connectivity index (χ1v) is 4.78. The van der Waals surface area contributed by atoms with Crippen LogP contribution in [0.5, 0.6) is 0 Å². The molecule has 4 heteroatoms. The van der Waals surface area contributed by atoms with Gasteiger partial charge in [0.25, 0.3) is 0 Å². The van der Waals surface area contributed by atoms with Crippen molar-refractivity contribution in [2.24, 2.45) is 0 Å². The summed E-state index contributed by atoms with van der Waals surface area (Å²) in [5.74, 6) is 0. The SMILES string of the molecule is CN1CCCC1.O=Cc1c[c-]cnc1.[W]. The second kappa shape index (κ2) is 8.75. The molecule has 1 fully saturated rings. The van der Waals surface area contributed by atoms with Crippen LogP contribution in [0, 0.1) is 6.07 Å². The molecule has 1 aromatic rings. The molecule has 1 aliphatic rings. The van der Waals surface area contributed by atoms with Crippen molar-refractivity contribution >= 4 is 6.29 Å². The summed E-state index contributed by atoms with van der Waals surface area (Å²) in [6.07, 6.45) is 6.56. The molecule has 0 bridgehead atoms. The van der Waals surface area contributed by atoms with Gasteiger partial charge in [0, 0.05) is 21.1 Å². The van der Waals surface area contributed by atoms with Gasteiger partial charge in [-0.3, -0.25) is 0 Å². The fourth-order valence-corrected chi connectivity index (χ4v) is 1.28. The number of hydrogen-bond acceptors (Lipinski definition) is 3. The summed E-state index contributed by atoms with van der Waals surface area (Å²) in [7, 11) is 2.17. The molecule has 15 heavy (non-hydrogen) atoms. The number of rotatable bonds is 1. The van der Waals surface area contributed by atoms with Gasteiger partial charge in [0.2, 0.25) is 0 Å². The molecule has 1 aliphatic heterocycles. The summed E-state index contributed by atoms with van der Waals surface area (Å²) in [5.41, 5.74) is 0.563. The van der Waals surface area contributed by atoms with E-state index in [-0.39, 0.29) is 21.1 Å². The summed E-state index contributed by atoms with van der Waals surface area (Å²) in [5, 5.41) is 0. The summed E-state index contributed by atoms with van der Waals surface area (Å²) in [6.45, 7) is 2.64. The van der Waals surface area contributed by atoms with E-state index < -0.39 is 0 Å². The van der Waals surface area contributed by atoms with E-state index >= 15 is 0 Å². The van der Waals surface area contributed by atoms with Gasteiger partial charge in [0.05, 0.1) is 6.29 Å². The molecule has 2 heterocycles. The van der Waals surface area contributed by atoms with E-state index in [9.17, 15) is 4.79 Å². The van der Waals surface area contributed by atoms with Gasteiger partial charge in [-0.2, -0.15) is 0 Å². The molecule has 3 nitrogen and oxygen atoms in total. The van der Waals surface area contributed by atoms with Crippen LogP contribution >= 0.6 is 0 Å². The van der Waals surface area contributed by atoms with Crippen LogP contribution in [0.3, 0.4) is 0 Å². The van der Waals surface area contributed by atoms with E-state index in [4.69, 9.17) is 0 Å². The van der Waals surface area contributed by atoms with Crippen LogP contribution < -0.4 is 0 Å². The average Bonchev–Trinajstić information content (AvgIpc) is 2.71. The maximum absolute atomic E-state index is 9.95. The van der Waals surface area contributed by atoms with Gasteiger partial charge in [-0.25, -0.2) is 12.1 Å². The molecule has 2 rings (SSSR count). The average molecular weight is 375 g/mol. The van der Waals surface area contributed by atoms with Crippen molar-refractivity contribution in [2.45, 2.75) is 12.8 Å². The van der Waals surface area contributed by atoms with Crippen molar-refractivity contribution in [1.29, 1.82) is 0 Å². The Hall–Kier alpha value is -0.532. The first-order valence-electron chi connectivity index (χ1n) is 4.78. The van der Waals surface area contributed by atoms with Crippen LogP contribution in [0.1, 0.15) is 23.2 Å². The molecule has 0 radical (unpaired) electrons. The zero-order valence-corrected chi connectivity index (χ0v) is 11.8. The molecular formula is C11H15N2OW-. The summed E-state index contributed by atoms with van der Waals surface area (Å²) >= 11 is 0. The number of carbonyl (C=O) groups is 1. The van der Waals surface area contributed by atoms with Crippen molar-refractivity contribution in [3.63, 3.8) is 0 Å². The fourth-order valence-electron chi connectivity index (χ4n) is 1.28. The molecule has 0 atom stereocenters. The van der Waals surface area contributed by atoms with Crippen molar-refractivity contribution in [2.75, 3.05) is 20.1 Å². The van der Waals surface area contributed by atoms with Gasteiger partial charge in [-0.15, -0.1) is 5.56 Å². The third-order valence-electron chi connectivity index (χ3n) is 2.09. The van der Waals surface area contributed by atoms with Crippen LogP contribution in [-0.2, 0) is 21.1 Å². The number of likely N-dealkylation sites (tertiary alicyclic amines) is 1. The molecule has 82 valence electrons. The minimum absolute atomic E-state index is 0. The van der Waals surface area contributed by atoms with Gasteiger partial charge in [-0.05, 0) is 39.2 Å². The summed E-state index contributed by atoms with van der Waals surface area (Å²) in [4.78, 5) is 16.0. The predicted molar refractivity (Wildman–Crippen MR) is 55.2 cm³/mol. The number of carbonyl (C=O) groups excluding carboxylic acids is 1. The van der Waals surface area contributed by atoms with Crippen LogP contribution in [0.2, 0.25) is 0 Å². The maximum Gasteiger partial charge on any atom is 0.0709 e. The largest absolute Gasteiger partial charge is 0.319 e. The normalized spacial score (nSPS) is 14.7. The van der Waals surface area contributed by atoms with Crippen LogP contribution in [0.25, 0.3) is 0 Å². The Labute approximate surface area is 105 Å². The molecule has 0 amide bonds. The Morgan fingerprint density at radius 1 is 1.47 bits per heavy atom. The van der Waals surface area contributed by atoms with E-state index in [1.54, 1.807) is 6.07 Å². The van der Waals surface area contributed by atoms with Crippen molar-refractivity contribution < 1.29 is 25.9 Å². The second-order valence-corrected chi connectivity index (χ2v) is 3.35. The monoisotopic (exact) mass is 375 g/mol. The van der Waals surface area contributed by atoms with Crippen LogP contribution in [-0.4, -0.2) is 36.3 Å². The van der Waals surface area contributed by atoms with Gasteiger partial charge in [0.1, 0.15) is 0 Å². The third kappa shape index (κ3) is 6.53. The van der Waals surface area contributed by atoms with Gasteiger partial charge >= 0.3 is 0 Å². The van der Waals surface area contributed by atoms with Gasteiger partial charge < -0.3 is 14.7 Å². The van der Waals surface area contributed by atoms with E-state index in [2.05, 4.69) is 23.0 Å². The Balaban J connectivity index is 0.000000253. The number of hydrogen-bond donors (Lipinski definition) is 0. The second-order valence-electron chi connectivity index (χ2n) is 3.35. The van der Waals surface area contributed by atoms with Crippen molar-refractivity contribution in [1.82, 2.24) is 9.88 Å². The summed E-state index contributed by atoms with van der Waals surface area (Å²) < 4.78 is 0. The zero-order valence-electron chi connectivity index (χ0n) is 8.85. The van der Waals surface area contributed by atoms with Crippen LogP contribution in [0.4, 0.5) is 0 Å². The molecule has 0 saturated carbocycles. The van der Waals surface area contributed by atoms with E-state index in [0.29, 0.717) is 5.56 Å². The number of nitrogens with zero attached hydrogens (tertiary/aromatic N) is 2. The van der Waals surface area contributed by atoms with Gasteiger partial charge in [-0.1, -0.05) is 6.20 Å². The first-order chi connectivity index (χ1) is 6.83. The first kappa shape index (κ1) is 14.5. The number of pyridine rings is 1. The quantitative estimate of drug-likeness (QED) is 0.550. The van der Waals surface area contributed by atoms with Gasteiger partial charge in [0.15, 0.2) is 0 Å². The molecule has 1 aromatic heterocycles. The summed E-state index contributed by atoms with van der Waals surface area (Å²) in [6, 6.07) is 4.25. The van der Waals surface area contributed by atoms with E-state index in [1.165, 1.54) is 38.3 Å². The molecule has 0 aliphatic carbocycles. The van der Waals surface area contributed by atoms with Crippen molar-refractivity contribution in [3.05, 3.63) is 30.1 Å². The minimum Gasteiger partial charge on any atom is -0.319 e. The molecule has 0 N–H and O–H groups in total. The molecule has 1 saturated heterocycles. The molecular weight excluding hydrogens is 360 g/mol. The Morgan fingerprint density at radius 3 is 2.40 bits per heavy atom. The Morgan fingerprint density at radius 2 is 2.13 bits per heavy atom. The smallest absolute Gasteiger partial charge is 0.0709 e. The van der Waals surface area contributed by atoms with E-state index in [0.717, 1.165) is 6.29 Å². The van der Waals surface area contributed by atoms with Crippen molar-refractivity contribution in [3.8, 4) is 0 Å². The third-order valence-corrected chi connectivity index (χ3v) is 2.09. The number of aldehydes is 1. The Bertz CT molecular complexity index is 261. The predicted octanol–water partition coefficient (Wildman–Crippen LogP) is 1.40. The minimum atomic E-state index is 0. The zero-order chi connectivity index (χ0) is 10.2. The molecule has 0 spiro atoms. The standard InChI is InChI=1S/C6H4NO.C5H11N.W/c8-5-6-2-1-3-7-4-6;1-6-4-2-3-5-6;/h2-5H;2-5H2,1H3;/q-1;;. The topological polar surface area (TPSA) is 33.2 Å². The van der Waals surface area contributed by atoms with Crippen LogP contribution in [0.15, 0.2) is 18.5 Å². The maximum atomic E-state index is 9.95. The van der Waals surface area contributed by atoms with E-state index in [1.807, 2.05) is 0 Å². The molecule has 0 unspecified atom stereocenters. The fraction of sp³-hybridized carbons (Fsp3) is 0.455. The Kier molecular flexibility index (Phi) is 8.44. The molecule has 0 aromatic carbocycles. The number of aromatic nitrogens is 1.